The summed E-state index contributed by atoms with van der Waals surface area (Å²) in [5.74, 6) is 4.66. The van der Waals surface area contributed by atoms with Crippen molar-refractivity contribution in [2.45, 2.75) is 13.1 Å². The van der Waals surface area contributed by atoms with Gasteiger partial charge in [0.15, 0.2) is 0 Å². The Labute approximate surface area is 153 Å². The molecule has 1 N–H and O–H groups in total. The van der Waals surface area contributed by atoms with E-state index in [4.69, 9.17) is 11.6 Å². The Morgan fingerprint density at radius 3 is 2.65 bits per heavy atom. The van der Waals surface area contributed by atoms with Crippen LogP contribution in [0.5, 0.6) is 0 Å². The highest BCUT2D eigenvalue weighted by atomic mass is 35.5. The zero-order valence-corrected chi connectivity index (χ0v) is 14.5. The number of benzene rings is 1. The maximum atomic E-state index is 13.0. The lowest BCUT2D eigenvalue weighted by Gasteiger charge is -2.13. The molecule has 0 saturated heterocycles. The summed E-state index contributed by atoms with van der Waals surface area (Å²) in [6, 6.07) is 6.17. The molecule has 0 bridgehead atoms. The van der Waals surface area contributed by atoms with Gasteiger partial charge in [0, 0.05) is 18.3 Å². The van der Waals surface area contributed by atoms with Gasteiger partial charge in [0.2, 0.25) is 0 Å². The van der Waals surface area contributed by atoms with Crippen LogP contribution in [0, 0.1) is 11.8 Å². The molecule has 7 heteroatoms. The molecule has 1 amide bonds. The molecule has 0 atom stereocenters. The number of rotatable bonds is 4. The summed E-state index contributed by atoms with van der Waals surface area (Å²) in [5.41, 5.74) is -0.124. The van der Waals surface area contributed by atoms with Gasteiger partial charge in [-0.15, -0.1) is 5.92 Å². The van der Waals surface area contributed by atoms with E-state index in [-0.39, 0.29) is 6.54 Å². The number of carbonyl (C=O) groups excluding carboxylic acids is 1. The van der Waals surface area contributed by atoms with Crippen molar-refractivity contribution in [2.24, 2.45) is 0 Å². The lowest BCUT2D eigenvalue weighted by atomic mass is 10.1. The molecule has 0 spiro atoms. The largest absolute Gasteiger partial charge is 0.417 e. The number of aromatic nitrogens is 1. The van der Waals surface area contributed by atoms with Crippen molar-refractivity contribution >= 4 is 23.1 Å². The predicted octanol–water partition coefficient (Wildman–Crippen LogP) is 4.57. The van der Waals surface area contributed by atoms with E-state index in [1.54, 1.807) is 13.0 Å². The van der Waals surface area contributed by atoms with Gasteiger partial charge in [0.05, 0.1) is 21.8 Å². The number of amides is 1. The average Bonchev–Trinajstić information content (AvgIpc) is 2.59. The first-order valence-corrected chi connectivity index (χ1v) is 7.82. The number of pyridine rings is 1. The molecule has 0 saturated carbocycles. The van der Waals surface area contributed by atoms with Crippen LogP contribution < -0.4 is 5.32 Å². The Morgan fingerprint density at radius 2 is 2.04 bits per heavy atom. The first-order chi connectivity index (χ1) is 12.2. The third-order valence-electron chi connectivity index (χ3n) is 3.38. The number of alkyl halides is 3. The first-order valence-electron chi connectivity index (χ1n) is 7.45. The minimum absolute atomic E-state index is 0.101. The summed E-state index contributed by atoms with van der Waals surface area (Å²) in [4.78, 5) is 16.3. The van der Waals surface area contributed by atoms with Crippen molar-refractivity contribution in [2.75, 3.05) is 6.54 Å². The van der Waals surface area contributed by atoms with E-state index in [1.807, 2.05) is 0 Å². The van der Waals surface area contributed by atoms with Crippen LogP contribution in [0.25, 0.3) is 5.57 Å². The van der Waals surface area contributed by atoms with Crippen LogP contribution in [0.2, 0.25) is 5.02 Å². The Hall–Kier alpha value is -2.78. The summed E-state index contributed by atoms with van der Waals surface area (Å²) in [6.45, 7) is 5.35. The topological polar surface area (TPSA) is 42.0 Å². The quantitative estimate of drug-likeness (QED) is 0.792. The monoisotopic (exact) mass is 378 g/mol. The molecule has 0 fully saturated rings. The molecular weight excluding hydrogens is 365 g/mol. The minimum Gasteiger partial charge on any atom is -0.348 e. The fourth-order valence-corrected chi connectivity index (χ4v) is 2.50. The number of nitrogens with zero attached hydrogens (tertiary/aromatic N) is 1. The molecule has 2 aromatic rings. The standard InChI is InChI=1S/C19H14ClF3N2O/c1-3-6-13-9-16(20)17(24-11-13)12(2)10-25-18(26)14-7-4-5-8-15(14)19(21,22)23/h4-5,7-9,11H,2,10H2,1H3,(H,25,26). The summed E-state index contributed by atoms with van der Waals surface area (Å²) >= 11 is 6.12. The molecule has 0 aliphatic rings. The van der Waals surface area contributed by atoms with Gasteiger partial charge in [-0.2, -0.15) is 13.2 Å². The van der Waals surface area contributed by atoms with Gasteiger partial charge in [-0.25, -0.2) is 0 Å². The van der Waals surface area contributed by atoms with Gasteiger partial charge in [-0.1, -0.05) is 36.2 Å². The lowest BCUT2D eigenvalue weighted by Crippen LogP contribution is -2.27. The number of carbonyl (C=O) groups is 1. The van der Waals surface area contributed by atoms with Crippen molar-refractivity contribution in [3.63, 3.8) is 0 Å². The van der Waals surface area contributed by atoms with Gasteiger partial charge < -0.3 is 5.32 Å². The molecule has 0 aliphatic heterocycles. The van der Waals surface area contributed by atoms with Gasteiger partial charge >= 0.3 is 6.18 Å². The molecule has 134 valence electrons. The molecule has 1 aromatic carbocycles. The summed E-state index contributed by atoms with van der Waals surface area (Å²) < 4.78 is 39.0. The van der Waals surface area contributed by atoms with Gasteiger partial charge in [0.1, 0.15) is 0 Å². The minimum atomic E-state index is -4.62. The van der Waals surface area contributed by atoms with Crippen molar-refractivity contribution in [3.05, 3.63) is 70.5 Å². The van der Waals surface area contributed by atoms with Crippen molar-refractivity contribution in [1.82, 2.24) is 10.3 Å². The van der Waals surface area contributed by atoms with Gasteiger partial charge in [-0.05, 0) is 30.7 Å². The van der Waals surface area contributed by atoms with E-state index >= 15 is 0 Å². The number of halogens is 4. The molecule has 1 aromatic heterocycles. The van der Waals surface area contributed by atoms with Crippen LogP contribution in [0.3, 0.4) is 0 Å². The molecule has 1 heterocycles. The maximum Gasteiger partial charge on any atom is 0.417 e. The number of hydrogen-bond acceptors (Lipinski definition) is 2. The number of hydrogen-bond donors (Lipinski definition) is 1. The van der Waals surface area contributed by atoms with Crippen LogP contribution in [-0.4, -0.2) is 17.4 Å². The second-order valence-corrected chi connectivity index (χ2v) is 5.67. The highest BCUT2D eigenvalue weighted by Gasteiger charge is 2.34. The van der Waals surface area contributed by atoms with Crippen LogP contribution in [0.4, 0.5) is 13.2 Å². The zero-order valence-electron chi connectivity index (χ0n) is 13.7. The van der Waals surface area contributed by atoms with Crippen molar-refractivity contribution in [3.8, 4) is 11.8 Å². The summed E-state index contributed by atoms with van der Waals surface area (Å²) in [6.07, 6.45) is -3.12. The van der Waals surface area contributed by atoms with E-state index in [9.17, 15) is 18.0 Å². The van der Waals surface area contributed by atoms with Gasteiger partial charge in [0.25, 0.3) is 5.91 Å². The van der Waals surface area contributed by atoms with E-state index < -0.39 is 23.2 Å². The Morgan fingerprint density at radius 1 is 1.35 bits per heavy atom. The Balaban J connectivity index is 2.13. The molecule has 0 radical (unpaired) electrons. The Kier molecular flexibility index (Phi) is 6.06. The highest BCUT2D eigenvalue weighted by Crippen LogP contribution is 2.31. The van der Waals surface area contributed by atoms with Gasteiger partial charge in [-0.3, -0.25) is 9.78 Å². The summed E-state index contributed by atoms with van der Waals surface area (Å²) in [7, 11) is 0. The summed E-state index contributed by atoms with van der Waals surface area (Å²) in [5, 5.41) is 2.70. The second-order valence-electron chi connectivity index (χ2n) is 5.26. The van der Waals surface area contributed by atoms with E-state index in [2.05, 4.69) is 28.7 Å². The lowest BCUT2D eigenvalue weighted by molar-refractivity contribution is -0.137. The molecule has 2 rings (SSSR count). The van der Waals surface area contributed by atoms with Crippen LogP contribution in [0.15, 0.2) is 43.1 Å². The fraction of sp³-hybridized carbons (Fsp3) is 0.158. The average molecular weight is 379 g/mol. The van der Waals surface area contributed by atoms with Crippen molar-refractivity contribution < 1.29 is 18.0 Å². The van der Waals surface area contributed by atoms with E-state index in [1.165, 1.54) is 18.3 Å². The first kappa shape index (κ1) is 19.5. The third-order valence-corrected chi connectivity index (χ3v) is 3.67. The van der Waals surface area contributed by atoms with E-state index in [0.29, 0.717) is 21.9 Å². The van der Waals surface area contributed by atoms with Crippen LogP contribution >= 0.6 is 11.6 Å². The van der Waals surface area contributed by atoms with Crippen LogP contribution in [-0.2, 0) is 6.18 Å². The molecule has 0 unspecified atom stereocenters. The Bertz CT molecular complexity index is 911. The predicted molar refractivity (Wildman–Crippen MR) is 94.6 cm³/mol. The van der Waals surface area contributed by atoms with Crippen LogP contribution in [0.1, 0.15) is 34.1 Å². The zero-order chi connectivity index (χ0) is 19.3. The van der Waals surface area contributed by atoms with E-state index in [0.717, 1.165) is 12.1 Å². The smallest absolute Gasteiger partial charge is 0.348 e. The number of nitrogens with one attached hydrogen (secondary N) is 1. The molecule has 3 nitrogen and oxygen atoms in total. The molecule has 26 heavy (non-hydrogen) atoms. The second kappa shape index (κ2) is 8.07. The fourth-order valence-electron chi connectivity index (χ4n) is 2.21. The normalized spacial score (nSPS) is 10.7. The molecule has 0 aliphatic carbocycles. The highest BCUT2D eigenvalue weighted by molar-refractivity contribution is 6.32. The third kappa shape index (κ3) is 4.64. The van der Waals surface area contributed by atoms with Crippen molar-refractivity contribution in [1.29, 1.82) is 0 Å². The SMILES string of the molecule is C=C(CNC(=O)c1ccccc1C(F)(F)F)c1ncc(C#CC)cc1Cl. The molecular formula is C19H14ClF3N2O. The maximum absolute atomic E-state index is 13.0.